The van der Waals surface area contributed by atoms with Crippen LogP contribution >= 0.6 is 0 Å². The maximum Gasteiger partial charge on any atom is 0.256 e. The first-order chi connectivity index (χ1) is 10.1. The van der Waals surface area contributed by atoms with Crippen LogP contribution in [0.5, 0.6) is 5.75 Å². The van der Waals surface area contributed by atoms with E-state index in [4.69, 9.17) is 4.74 Å². The molecule has 0 heterocycles. The smallest absolute Gasteiger partial charge is 0.256 e. The van der Waals surface area contributed by atoms with Crippen molar-refractivity contribution in [1.82, 2.24) is 4.90 Å². The first-order valence-electron chi connectivity index (χ1n) is 6.78. The monoisotopic (exact) mass is 287 g/mol. The van der Waals surface area contributed by atoms with Crippen molar-refractivity contribution >= 4 is 5.91 Å². The summed E-state index contributed by atoms with van der Waals surface area (Å²) in [6.07, 6.45) is 0. The maximum absolute atomic E-state index is 13.9. The lowest BCUT2D eigenvalue weighted by atomic mass is 10.1. The van der Waals surface area contributed by atoms with Crippen LogP contribution in [-0.2, 0) is 0 Å². The number of hydrogen-bond donors (Lipinski definition) is 0. The van der Waals surface area contributed by atoms with Crippen LogP contribution in [0.4, 0.5) is 4.39 Å². The third-order valence-corrected chi connectivity index (χ3v) is 3.21. The van der Waals surface area contributed by atoms with E-state index in [0.717, 1.165) is 5.75 Å². The summed E-state index contributed by atoms with van der Waals surface area (Å²) in [5.74, 6) is -0.0497. The van der Waals surface area contributed by atoms with Gasteiger partial charge in [0, 0.05) is 7.05 Å². The number of benzene rings is 2. The maximum atomic E-state index is 13.9. The van der Waals surface area contributed by atoms with Gasteiger partial charge in [-0.05, 0) is 30.7 Å². The van der Waals surface area contributed by atoms with Crippen molar-refractivity contribution in [2.45, 2.75) is 6.92 Å². The molecule has 0 unspecified atom stereocenters. The van der Waals surface area contributed by atoms with E-state index in [9.17, 15) is 9.18 Å². The minimum Gasteiger partial charge on any atom is -0.492 e. The molecule has 0 atom stereocenters. The molecule has 0 saturated carbocycles. The second-order valence-corrected chi connectivity index (χ2v) is 4.82. The van der Waals surface area contributed by atoms with Crippen LogP contribution in [0.15, 0.2) is 48.5 Å². The van der Waals surface area contributed by atoms with Gasteiger partial charge in [-0.25, -0.2) is 4.39 Å². The van der Waals surface area contributed by atoms with Gasteiger partial charge in [0.1, 0.15) is 18.2 Å². The molecule has 0 spiro atoms. The van der Waals surface area contributed by atoms with Crippen LogP contribution < -0.4 is 4.74 Å². The van der Waals surface area contributed by atoms with Crippen LogP contribution in [0.3, 0.4) is 0 Å². The molecule has 3 nitrogen and oxygen atoms in total. The van der Waals surface area contributed by atoms with Crippen molar-refractivity contribution in [2.75, 3.05) is 20.2 Å². The summed E-state index contributed by atoms with van der Waals surface area (Å²) in [6.45, 7) is 2.39. The number of aryl methyl sites for hydroxylation is 1. The number of ether oxygens (including phenoxy) is 1. The number of rotatable bonds is 5. The van der Waals surface area contributed by atoms with Crippen molar-refractivity contribution in [1.29, 1.82) is 0 Å². The third kappa shape index (κ3) is 3.81. The van der Waals surface area contributed by atoms with Crippen LogP contribution in [-0.4, -0.2) is 31.0 Å². The average molecular weight is 287 g/mol. The van der Waals surface area contributed by atoms with Gasteiger partial charge in [0.25, 0.3) is 5.91 Å². The fourth-order valence-corrected chi connectivity index (χ4v) is 1.94. The molecule has 0 N–H and O–H groups in total. The van der Waals surface area contributed by atoms with Crippen molar-refractivity contribution < 1.29 is 13.9 Å². The first-order valence-corrected chi connectivity index (χ1v) is 6.78. The molecule has 2 rings (SSSR count). The summed E-state index contributed by atoms with van der Waals surface area (Å²) in [5.41, 5.74) is 0.562. The molecule has 1 amide bonds. The molecule has 4 heteroatoms. The molecule has 110 valence electrons. The lowest BCUT2D eigenvalue weighted by Crippen LogP contribution is -2.31. The summed E-state index contributed by atoms with van der Waals surface area (Å²) in [5, 5.41) is 0. The quantitative estimate of drug-likeness (QED) is 0.844. The minimum absolute atomic E-state index is 0.0946. The van der Waals surface area contributed by atoms with Gasteiger partial charge in [0.2, 0.25) is 0 Å². The highest BCUT2D eigenvalue weighted by molar-refractivity contribution is 5.94. The Bertz CT molecular complexity index is 613. The number of nitrogens with zero attached hydrogens (tertiary/aromatic N) is 1. The van der Waals surface area contributed by atoms with Crippen molar-refractivity contribution in [3.63, 3.8) is 0 Å². The average Bonchev–Trinajstić information content (AvgIpc) is 2.50. The number of para-hydroxylation sites is 1. The van der Waals surface area contributed by atoms with Crippen molar-refractivity contribution in [3.8, 4) is 5.75 Å². The van der Waals surface area contributed by atoms with E-state index >= 15 is 0 Å². The van der Waals surface area contributed by atoms with E-state index < -0.39 is 5.82 Å². The fraction of sp³-hybridized carbons (Fsp3) is 0.235. The van der Waals surface area contributed by atoms with Gasteiger partial charge >= 0.3 is 0 Å². The molecule has 0 aliphatic carbocycles. The lowest BCUT2D eigenvalue weighted by molar-refractivity contribution is 0.0769. The molecule has 2 aromatic carbocycles. The SMILES string of the molecule is Cc1cccc(C(=O)N(C)CCOc2ccccc2)c1F. The van der Waals surface area contributed by atoms with E-state index in [1.807, 2.05) is 30.3 Å². The zero-order valence-electron chi connectivity index (χ0n) is 12.2. The second-order valence-electron chi connectivity index (χ2n) is 4.82. The highest BCUT2D eigenvalue weighted by Crippen LogP contribution is 2.14. The summed E-state index contributed by atoms with van der Waals surface area (Å²) >= 11 is 0. The van der Waals surface area contributed by atoms with Crippen LogP contribution in [0.1, 0.15) is 15.9 Å². The number of halogens is 1. The Balaban J connectivity index is 1.92. The summed E-state index contributed by atoms with van der Waals surface area (Å²) < 4.78 is 19.4. The van der Waals surface area contributed by atoms with E-state index in [2.05, 4.69) is 0 Å². The molecule has 21 heavy (non-hydrogen) atoms. The van der Waals surface area contributed by atoms with Crippen LogP contribution in [0.25, 0.3) is 0 Å². The predicted molar refractivity (Wildman–Crippen MR) is 80.0 cm³/mol. The van der Waals surface area contributed by atoms with Gasteiger partial charge in [-0.3, -0.25) is 4.79 Å². The fourth-order valence-electron chi connectivity index (χ4n) is 1.94. The zero-order valence-corrected chi connectivity index (χ0v) is 12.2. The van der Waals surface area contributed by atoms with Gasteiger partial charge in [0.15, 0.2) is 0 Å². The van der Waals surface area contributed by atoms with Crippen molar-refractivity contribution in [2.24, 2.45) is 0 Å². The van der Waals surface area contributed by atoms with Crippen molar-refractivity contribution in [3.05, 3.63) is 65.5 Å². The Morgan fingerprint density at radius 1 is 1.14 bits per heavy atom. The van der Waals surface area contributed by atoms with E-state index in [0.29, 0.717) is 18.7 Å². The summed E-state index contributed by atoms with van der Waals surface area (Å²) in [6, 6.07) is 14.2. The molecule has 0 aliphatic heterocycles. The molecule has 2 aromatic rings. The molecular formula is C17H18FNO2. The highest BCUT2D eigenvalue weighted by atomic mass is 19.1. The predicted octanol–water partition coefficient (Wildman–Crippen LogP) is 3.29. The molecular weight excluding hydrogens is 269 g/mol. The molecule has 0 bridgehead atoms. The number of carbonyl (C=O) groups excluding carboxylic acids is 1. The van der Waals surface area contributed by atoms with Crippen LogP contribution in [0, 0.1) is 12.7 Å². The van der Waals surface area contributed by atoms with E-state index in [1.165, 1.54) is 11.0 Å². The molecule has 0 aromatic heterocycles. The van der Waals surface area contributed by atoms with E-state index in [-0.39, 0.29) is 11.5 Å². The molecule has 0 radical (unpaired) electrons. The summed E-state index contributed by atoms with van der Waals surface area (Å²) in [7, 11) is 1.64. The van der Waals surface area contributed by atoms with Gasteiger partial charge in [-0.2, -0.15) is 0 Å². The molecule has 0 fully saturated rings. The van der Waals surface area contributed by atoms with E-state index in [1.54, 1.807) is 26.1 Å². The number of likely N-dealkylation sites (N-methyl/N-ethyl adjacent to an activating group) is 1. The number of amides is 1. The van der Waals surface area contributed by atoms with Gasteiger partial charge in [-0.1, -0.05) is 30.3 Å². The number of hydrogen-bond acceptors (Lipinski definition) is 2. The Hall–Kier alpha value is -2.36. The Morgan fingerprint density at radius 2 is 1.86 bits per heavy atom. The number of carbonyl (C=O) groups is 1. The topological polar surface area (TPSA) is 29.5 Å². The Morgan fingerprint density at radius 3 is 2.57 bits per heavy atom. The van der Waals surface area contributed by atoms with Gasteiger partial charge < -0.3 is 9.64 Å². The Labute approximate surface area is 124 Å². The van der Waals surface area contributed by atoms with Crippen LogP contribution in [0.2, 0.25) is 0 Å². The molecule has 0 saturated heterocycles. The zero-order chi connectivity index (χ0) is 15.2. The standard InChI is InChI=1S/C17H18FNO2/c1-13-7-6-10-15(16(13)18)17(20)19(2)11-12-21-14-8-4-3-5-9-14/h3-10H,11-12H2,1-2H3. The molecule has 0 aliphatic rings. The Kier molecular flexibility index (Phi) is 4.93. The summed E-state index contributed by atoms with van der Waals surface area (Å²) in [4.78, 5) is 13.6. The second kappa shape index (κ2) is 6.88. The minimum atomic E-state index is -0.460. The third-order valence-electron chi connectivity index (χ3n) is 3.21. The van der Waals surface area contributed by atoms with Gasteiger partial charge in [0.05, 0.1) is 12.1 Å². The largest absolute Gasteiger partial charge is 0.492 e. The lowest BCUT2D eigenvalue weighted by Gasteiger charge is -2.18. The highest BCUT2D eigenvalue weighted by Gasteiger charge is 2.16. The van der Waals surface area contributed by atoms with Gasteiger partial charge in [-0.15, -0.1) is 0 Å². The first kappa shape index (κ1) is 15.0. The normalized spacial score (nSPS) is 10.2.